The van der Waals surface area contributed by atoms with Gasteiger partial charge in [-0.15, -0.1) is 0 Å². The van der Waals surface area contributed by atoms with Crippen LogP contribution in [0.1, 0.15) is 40.8 Å². The fourth-order valence-electron chi connectivity index (χ4n) is 3.17. The van der Waals surface area contributed by atoms with Crippen LogP contribution in [0, 0.1) is 6.92 Å². The van der Waals surface area contributed by atoms with Crippen LogP contribution in [0.5, 0.6) is 0 Å². The van der Waals surface area contributed by atoms with Gasteiger partial charge >= 0.3 is 5.97 Å². The Bertz CT molecular complexity index is 927. The number of carbonyl (C=O) groups is 1. The van der Waals surface area contributed by atoms with Crippen LogP contribution in [-0.4, -0.2) is 46.6 Å². The maximum Gasteiger partial charge on any atom is 0.336 e. The molecule has 0 unspecified atom stereocenters. The SMILES string of the molecule is Cc1cc(-c2ccccc2C(=O)O)nc([C@@H]2CCCN2S(C)(=O)=O)n1. The van der Waals surface area contributed by atoms with E-state index in [0.29, 0.717) is 35.7 Å². The van der Waals surface area contributed by atoms with E-state index in [0.717, 1.165) is 6.42 Å². The molecule has 0 amide bonds. The number of aromatic nitrogens is 2. The summed E-state index contributed by atoms with van der Waals surface area (Å²) in [5, 5.41) is 9.39. The van der Waals surface area contributed by atoms with Gasteiger partial charge in [0, 0.05) is 17.8 Å². The van der Waals surface area contributed by atoms with E-state index >= 15 is 0 Å². The summed E-state index contributed by atoms with van der Waals surface area (Å²) in [5.41, 5.74) is 1.80. The average molecular weight is 361 g/mol. The first-order valence-corrected chi connectivity index (χ1v) is 9.77. The van der Waals surface area contributed by atoms with E-state index in [1.165, 1.54) is 16.6 Å². The molecule has 1 N–H and O–H groups in total. The highest BCUT2D eigenvalue weighted by atomic mass is 32.2. The predicted molar refractivity (Wildman–Crippen MR) is 92.7 cm³/mol. The molecule has 1 fully saturated rings. The molecule has 1 aromatic carbocycles. The Labute approximate surface area is 146 Å². The molecule has 0 aliphatic carbocycles. The lowest BCUT2D eigenvalue weighted by atomic mass is 10.0. The van der Waals surface area contributed by atoms with Crippen LogP contribution in [-0.2, 0) is 10.0 Å². The number of aryl methyl sites for hydroxylation is 1. The molecule has 0 saturated carbocycles. The molecule has 1 aliphatic rings. The largest absolute Gasteiger partial charge is 0.478 e. The van der Waals surface area contributed by atoms with Crippen molar-refractivity contribution in [2.45, 2.75) is 25.8 Å². The first kappa shape index (κ1) is 17.5. The molecule has 0 spiro atoms. The summed E-state index contributed by atoms with van der Waals surface area (Å²) in [4.78, 5) is 20.4. The van der Waals surface area contributed by atoms with Crippen molar-refractivity contribution in [1.82, 2.24) is 14.3 Å². The standard InChI is InChI=1S/C17H19N3O4S/c1-11-10-14(12-6-3-4-7-13(12)17(21)22)19-16(18-11)15-8-5-9-20(15)25(2,23)24/h3-4,6-7,10,15H,5,8-9H2,1-2H3,(H,21,22)/t15-/m0/s1. The molecule has 2 heterocycles. The zero-order chi connectivity index (χ0) is 18.2. The van der Waals surface area contributed by atoms with Crippen molar-refractivity contribution < 1.29 is 18.3 Å². The molecule has 1 saturated heterocycles. The molecule has 0 radical (unpaired) electrons. The smallest absolute Gasteiger partial charge is 0.336 e. The maximum atomic E-state index is 12.0. The van der Waals surface area contributed by atoms with Crippen molar-refractivity contribution >= 4 is 16.0 Å². The zero-order valence-electron chi connectivity index (χ0n) is 14.0. The highest BCUT2D eigenvalue weighted by molar-refractivity contribution is 7.88. The van der Waals surface area contributed by atoms with Crippen LogP contribution in [0.25, 0.3) is 11.3 Å². The lowest BCUT2D eigenvalue weighted by Crippen LogP contribution is -2.30. The third kappa shape index (κ3) is 3.54. The maximum absolute atomic E-state index is 12.0. The van der Waals surface area contributed by atoms with Crippen molar-refractivity contribution in [3.63, 3.8) is 0 Å². The second-order valence-corrected chi connectivity index (χ2v) is 8.07. The summed E-state index contributed by atoms with van der Waals surface area (Å²) in [6, 6.07) is 7.92. The third-order valence-electron chi connectivity index (χ3n) is 4.23. The Hall–Kier alpha value is -2.32. The lowest BCUT2D eigenvalue weighted by molar-refractivity contribution is 0.0697. The number of carboxylic acid groups (broad SMARTS) is 1. The third-order valence-corrected chi connectivity index (χ3v) is 5.52. The molecule has 132 valence electrons. The van der Waals surface area contributed by atoms with Crippen LogP contribution in [0.3, 0.4) is 0 Å². The molecule has 1 atom stereocenters. The van der Waals surface area contributed by atoms with Crippen LogP contribution >= 0.6 is 0 Å². The first-order chi connectivity index (χ1) is 11.8. The summed E-state index contributed by atoms with van der Waals surface area (Å²) < 4.78 is 25.4. The monoisotopic (exact) mass is 361 g/mol. The second kappa shape index (κ2) is 6.53. The summed E-state index contributed by atoms with van der Waals surface area (Å²) in [6.07, 6.45) is 2.58. The Morgan fingerprint density at radius 1 is 1.28 bits per heavy atom. The molecule has 1 aromatic heterocycles. The number of sulfonamides is 1. The predicted octanol–water partition coefficient (Wildman–Crippen LogP) is 2.25. The summed E-state index contributed by atoms with van der Waals surface area (Å²) in [6.45, 7) is 2.24. The van der Waals surface area contributed by atoms with Crippen molar-refractivity contribution in [3.8, 4) is 11.3 Å². The number of rotatable bonds is 4. The molecular formula is C17H19N3O4S. The van der Waals surface area contributed by atoms with E-state index in [4.69, 9.17) is 0 Å². The van der Waals surface area contributed by atoms with Crippen LogP contribution in [0.15, 0.2) is 30.3 Å². The number of hydrogen-bond donors (Lipinski definition) is 1. The Morgan fingerprint density at radius 2 is 2.00 bits per heavy atom. The minimum Gasteiger partial charge on any atom is -0.478 e. The normalized spacial score (nSPS) is 18.4. The quantitative estimate of drug-likeness (QED) is 0.896. The van der Waals surface area contributed by atoms with Gasteiger partial charge in [-0.1, -0.05) is 18.2 Å². The molecule has 0 bridgehead atoms. The summed E-state index contributed by atoms with van der Waals surface area (Å²) in [5.74, 6) is -0.620. The minimum atomic E-state index is -3.35. The van der Waals surface area contributed by atoms with E-state index in [1.54, 1.807) is 31.2 Å². The fraction of sp³-hybridized carbons (Fsp3) is 0.353. The molecule has 3 rings (SSSR count). The Kier molecular flexibility index (Phi) is 4.57. The topological polar surface area (TPSA) is 100 Å². The number of benzene rings is 1. The van der Waals surface area contributed by atoms with Crippen LogP contribution in [0.4, 0.5) is 0 Å². The number of aromatic carboxylic acids is 1. The molecular weight excluding hydrogens is 342 g/mol. The summed E-state index contributed by atoms with van der Waals surface area (Å²) in [7, 11) is -3.35. The van der Waals surface area contributed by atoms with E-state index in [1.807, 2.05) is 0 Å². The number of hydrogen-bond acceptors (Lipinski definition) is 5. The molecule has 2 aromatic rings. The molecule has 7 nitrogen and oxygen atoms in total. The zero-order valence-corrected chi connectivity index (χ0v) is 14.8. The van der Waals surface area contributed by atoms with Gasteiger partial charge in [-0.05, 0) is 31.9 Å². The summed E-state index contributed by atoms with van der Waals surface area (Å²) >= 11 is 0. The van der Waals surface area contributed by atoms with Crippen molar-refractivity contribution in [2.24, 2.45) is 0 Å². The van der Waals surface area contributed by atoms with Gasteiger partial charge in [-0.3, -0.25) is 0 Å². The van der Waals surface area contributed by atoms with Gasteiger partial charge in [0.2, 0.25) is 10.0 Å². The van der Waals surface area contributed by atoms with Gasteiger partial charge in [-0.25, -0.2) is 23.2 Å². The van der Waals surface area contributed by atoms with Gasteiger partial charge in [0.25, 0.3) is 0 Å². The number of nitrogens with zero attached hydrogens (tertiary/aromatic N) is 3. The van der Waals surface area contributed by atoms with E-state index in [9.17, 15) is 18.3 Å². The second-order valence-electron chi connectivity index (χ2n) is 6.14. The van der Waals surface area contributed by atoms with Gasteiger partial charge in [-0.2, -0.15) is 4.31 Å². The Balaban J connectivity index is 2.10. The van der Waals surface area contributed by atoms with E-state index < -0.39 is 22.0 Å². The van der Waals surface area contributed by atoms with Gasteiger partial charge in [0.05, 0.1) is 23.6 Å². The highest BCUT2D eigenvalue weighted by Crippen LogP contribution is 2.33. The molecule has 25 heavy (non-hydrogen) atoms. The molecule has 8 heteroatoms. The van der Waals surface area contributed by atoms with Crippen LogP contribution < -0.4 is 0 Å². The molecule has 1 aliphatic heterocycles. The van der Waals surface area contributed by atoms with E-state index in [2.05, 4.69) is 9.97 Å². The fourth-order valence-corrected chi connectivity index (χ4v) is 4.29. The first-order valence-electron chi connectivity index (χ1n) is 7.92. The minimum absolute atomic E-state index is 0.151. The van der Waals surface area contributed by atoms with Gasteiger partial charge in [0.1, 0.15) is 5.82 Å². The van der Waals surface area contributed by atoms with E-state index in [-0.39, 0.29) is 5.56 Å². The van der Waals surface area contributed by atoms with Crippen molar-refractivity contribution in [3.05, 3.63) is 47.4 Å². The lowest BCUT2D eigenvalue weighted by Gasteiger charge is -2.21. The number of carboxylic acids is 1. The van der Waals surface area contributed by atoms with Gasteiger partial charge in [0.15, 0.2) is 0 Å². The van der Waals surface area contributed by atoms with Crippen molar-refractivity contribution in [2.75, 3.05) is 12.8 Å². The highest BCUT2D eigenvalue weighted by Gasteiger charge is 2.34. The average Bonchev–Trinajstić information content (AvgIpc) is 3.04. The van der Waals surface area contributed by atoms with Gasteiger partial charge < -0.3 is 5.11 Å². The Morgan fingerprint density at radius 3 is 2.68 bits per heavy atom. The van der Waals surface area contributed by atoms with Crippen LogP contribution in [0.2, 0.25) is 0 Å². The van der Waals surface area contributed by atoms with Crippen molar-refractivity contribution in [1.29, 1.82) is 0 Å².